The molecule has 164 valence electrons. The lowest BCUT2D eigenvalue weighted by Crippen LogP contribution is -2.54. The van der Waals surface area contributed by atoms with Gasteiger partial charge in [-0.15, -0.1) is 0 Å². The minimum atomic E-state index is -1.10. The molecule has 0 radical (unpaired) electrons. The van der Waals surface area contributed by atoms with Crippen molar-refractivity contribution < 1.29 is 14.4 Å². The molecule has 1 spiro atoms. The highest BCUT2D eigenvalue weighted by Crippen LogP contribution is 2.60. The molecule has 2 aromatic rings. The Hall–Kier alpha value is -2.99. The molecule has 4 heterocycles. The largest absolute Gasteiger partial charge is 0.324 e. The van der Waals surface area contributed by atoms with E-state index in [0.29, 0.717) is 5.69 Å². The molecular weight excluding hydrogens is 402 g/mol. The predicted octanol–water partition coefficient (Wildman–Crippen LogP) is 3.30. The van der Waals surface area contributed by atoms with Crippen LogP contribution >= 0.6 is 0 Å². The highest BCUT2D eigenvalue weighted by Gasteiger charge is 2.74. The molecule has 0 aromatic heterocycles. The molecule has 32 heavy (non-hydrogen) atoms. The molecule has 4 unspecified atom stereocenters. The Morgan fingerprint density at radius 2 is 1.78 bits per heavy atom. The highest BCUT2D eigenvalue weighted by molar-refractivity contribution is 6.25. The molecule has 6 rings (SSSR count). The number of hydrogen-bond acceptors (Lipinski definition) is 4. The molecule has 4 aliphatic heterocycles. The summed E-state index contributed by atoms with van der Waals surface area (Å²) in [7, 11) is 0. The summed E-state index contributed by atoms with van der Waals surface area (Å²) >= 11 is 0. The van der Waals surface area contributed by atoms with E-state index in [-0.39, 0.29) is 23.8 Å². The van der Waals surface area contributed by atoms with Crippen LogP contribution in [0.1, 0.15) is 42.0 Å². The number of nitrogens with one attached hydrogen (secondary N) is 1. The number of carbonyl (C=O) groups excluding carboxylic acids is 3. The molecule has 4 atom stereocenters. The zero-order valence-corrected chi connectivity index (χ0v) is 18.6. The number of rotatable bonds is 2. The fraction of sp³-hybridized carbons (Fsp3) is 0.423. The quantitative estimate of drug-likeness (QED) is 0.744. The number of nitrogens with zero attached hydrogens (tertiary/aromatic N) is 2. The molecule has 3 fully saturated rings. The molecule has 4 aliphatic rings. The van der Waals surface area contributed by atoms with Crippen molar-refractivity contribution >= 4 is 29.1 Å². The molecule has 3 amide bonds. The van der Waals surface area contributed by atoms with Crippen LogP contribution in [0.4, 0.5) is 11.4 Å². The SMILES string of the molecule is CCc1ccc2c(c1)C1(C(=O)N2)C2C(=O)N(c3cc(C)cc(C)c3)C(=O)C2C2CCCN21. The van der Waals surface area contributed by atoms with Crippen molar-refractivity contribution in [2.75, 3.05) is 16.8 Å². The standard InChI is InChI=1S/C26H27N3O3/c1-4-16-7-8-19-18(13-16)26(25(32)27-19)22-21(20-6-5-9-28(20)26)23(30)29(24(22)31)17-11-14(2)10-15(3)12-17/h7-8,10-13,20-22H,4-6,9H2,1-3H3,(H,27,32). The summed E-state index contributed by atoms with van der Waals surface area (Å²) in [6.07, 6.45) is 2.60. The van der Waals surface area contributed by atoms with E-state index in [9.17, 15) is 14.4 Å². The van der Waals surface area contributed by atoms with Crippen LogP contribution in [0.3, 0.4) is 0 Å². The fourth-order valence-corrected chi connectivity index (χ4v) is 6.80. The van der Waals surface area contributed by atoms with Crippen LogP contribution in [-0.2, 0) is 26.3 Å². The monoisotopic (exact) mass is 429 g/mol. The van der Waals surface area contributed by atoms with E-state index >= 15 is 0 Å². The predicted molar refractivity (Wildman–Crippen MR) is 121 cm³/mol. The second kappa shape index (κ2) is 6.51. The molecule has 6 nitrogen and oxygen atoms in total. The van der Waals surface area contributed by atoms with E-state index in [2.05, 4.69) is 23.2 Å². The normalized spacial score (nSPS) is 30.8. The van der Waals surface area contributed by atoms with Gasteiger partial charge in [-0.2, -0.15) is 0 Å². The van der Waals surface area contributed by atoms with E-state index in [1.165, 1.54) is 4.90 Å². The van der Waals surface area contributed by atoms with Crippen LogP contribution in [0.15, 0.2) is 36.4 Å². The minimum absolute atomic E-state index is 0.0886. The Morgan fingerprint density at radius 3 is 2.50 bits per heavy atom. The van der Waals surface area contributed by atoms with Crippen molar-refractivity contribution in [3.05, 3.63) is 58.7 Å². The lowest BCUT2D eigenvalue weighted by atomic mass is 9.75. The maximum Gasteiger partial charge on any atom is 0.250 e. The first-order valence-corrected chi connectivity index (χ1v) is 11.6. The average Bonchev–Trinajstić information content (AvgIpc) is 3.45. The maximum atomic E-state index is 14.0. The molecule has 2 aromatic carbocycles. The second-order valence-electron chi connectivity index (χ2n) is 9.72. The average molecular weight is 430 g/mol. The van der Waals surface area contributed by atoms with Crippen molar-refractivity contribution in [1.29, 1.82) is 0 Å². The summed E-state index contributed by atoms with van der Waals surface area (Å²) in [5.41, 5.74) is 4.28. The first-order chi connectivity index (χ1) is 15.4. The number of benzene rings is 2. The van der Waals surface area contributed by atoms with Crippen LogP contribution in [0.2, 0.25) is 0 Å². The van der Waals surface area contributed by atoms with Crippen molar-refractivity contribution in [1.82, 2.24) is 4.90 Å². The molecule has 0 bridgehead atoms. The van der Waals surface area contributed by atoms with Gasteiger partial charge in [0.15, 0.2) is 0 Å². The van der Waals surface area contributed by atoms with Crippen molar-refractivity contribution in [2.24, 2.45) is 11.8 Å². The molecular formula is C26H27N3O3. The van der Waals surface area contributed by atoms with Gasteiger partial charge in [0.05, 0.1) is 17.5 Å². The minimum Gasteiger partial charge on any atom is -0.324 e. The summed E-state index contributed by atoms with van der Waals surface area (Å²) in [6.45, 7) is 6.75. The Balaban J connectivity index is 1.56. The number of aryl methyl sites for hydroxylation is 3. The van der Waals surface area contributed by atoms with Crippen LogP contribution in [0.5, 0.6) is 0 Å². The lowest BCUT2D eigenvalue weighted by molar-refractivity contribution is -0.135. The van der Waals surface area contributed by atoms with E-state index in [0.717, 1.165) is 53.7 Å². The van der Waals surface area contributed by atoms with E-state index in [4.69, 9.17) is 0 Å². The summed E-state index contributed by atoms with van der Waals surface area (Å²) in [5.74, 6) is -1.76. The van der Waals surface area contributed by atoms with Crippen LogP contribution in [0, 0.1) is 25.7 Å². The Labute approximate surface area is 187 Å². The zero-order valence-electron chi connectivity index (χ0n) is 18.6. The van der Waals surface area contributed by atoms with Gasteiger partial charge >= 0.3 is 0 Å². The van der Waals surface area contributed by atoms with Crippen molar-refractivity contribution in [2.45, 2.75) is 51.6 Å². The third kappa shape index (κ3) is 2.26. The second-order valence-corrected chi connectivity index (χ2v) is 9.72. The highest BCUT2D eigenvalue weighted by atomic mass is 16.2. The number of fused-ring (bicyclic) bond motifs is 7. The van der Waals surface area contributed by atoms with Crippen LogP contribution in [-0.4, -0.2) is 35.2 Å². The molecule has 0 aliphatic carbocycles. The number of hydrogen-bond donors (Lipinski definition) is 1. The van der Waals surface area contributed by atoms with Crippen molar-refractivity contribution in [3.8, 4) is 0 Å². The number of imide groups is 1. The topological polar surface area (TPSA) is 69.7 Å². The summed E-state index contributed by atoms with van der Waals surface area (Å²) in [5, 5.41) is 3.05. The van der Waals surface area contributed by atoms with Gasteiger partial charge < -0.3 is 5.32 Å². The van der Waals surface area contributed by atoms with Crippen molar-refractivity contribution in [3.63, 3.8) is 0 Å². The number of anilines is 2. The van der Waals surface area contributed by atoms with Gasteiger partial charge in [0, 0.05) is 17.3 Å². The van der Waals surface area contributed by atoms with Gasteiger partial charge in [0.2, 0.25) is 17.7 Å². The maximum absolute atomic E-state index is 14.0. The van der Waals surface area contributed by atoms with Gasteiger partial charge in [0.1, 0.15) is 5.54 Å². The lowest BCUT2D eigenvalue weighted by Gasteiger charge is -2.36. The Bertz CT molecular complexity index is 1180. The molecule has 0 saturated carbocycles. The third-order valence-electron chi connectivity index (χ3n) is 7.93. The smallest absolute Gasteiger partial charge is 0.250 e. The summed E-state index contributed by atoms with van der Waals surface area (Å²) < 4.78 is 0. The number of amides is 3. The first-order valence-electron chi connectivity index (χ1n) is 11.6. The van der Waals surface area contributed by atoms with Gasteiger partial charge in [-0.3, -0.25) is 19.3 Å². The van der Waals surface area contributed by atoms with Gasteiger partial charge in [-0.05, 0) is 74.5 Å². The third-order valence-corrected chi connectivity index (χ3v) is 7.93. The zero-order chi connectivity index (χ0) is 22.4. The summed E-state index contributed by atoms with van der Waals surface area (Å²) in [6, 6.07) is 11.8. The van der Waals surface area contributed by atoms with Gasteiger partial charge in [-0.25, -0.2) is 4.90 Å². The first kappa shape index (κ1) is 19.7. The van der Waals surface area contributed by atoms with Crippen LogP contribution in [0.25, 0.3) is 0 Å². The summed E-state index contributed by atoms with van der Waals surface area (Å²) in [4.78, 5) is 45.1. The van der Waals surface area contributed by atoms with Gasteiger partial charge in [-0.1, -0.05) is 25.1 Å². The Kier molecular flexibility index (Phi) is 4.01. The molecule has 3 saturated heterocycles. The van der Waals surface area contributed by atoms with E-state index in [1.54, 1.807) is 0 Å². The molecule has 6 heteroatoms. The van der Waals surface area contributed by atoms with E-state index < -0.39 is 17.4 Å². The Morgan fingerprint density at radius 1 is 1.03 bits per heavy atom. The molecule has 1 N–H and O–H groups in total. The fourth-order valence-electron chi connectivity index (χ4n) is 6.80. The number of carbonyl (C=O) groups is 3. The van der Waals surface area contributed by atoms with Gasteiger partial charge in [0.25, 0.3) is 0 Å². The van der Waals surface area contributed by atoms with Crippen LogP contribution < -0.4 is 10.2 Å². The van der Waals surface area contributed by atoms with E-state index in [1.807, 2.05) is 44.2 Å².